The number of aromatic nitrogens is 2. The van der Waals surface area contributed by atoms with Crippen LogP contribution in [0.15, 0.2) is 6.20 Å². The zero-order valence-corrected chi connectivity index (χ0v) is 8.99. The maximum absolute atomic E-state index is 11.4. The van der Waals surface area contributed by atoms with Crippen LogP contribution in [0.1, 0.15) is 28.9 Å². The molecule has 1 aromatic heterocycles. The van der Waals surface area contributed by atoms with Crippen molar-refractivity contribution in [2.45, 2.75) is 24.8 Å². The number of ether oxygens (including phenoxy) is 1. The summed E-state index contributed by atoms with van der Waals surface area (Å²) in [5.74, 6) is -0.394. The fourth-order valence-electron chi connectivity index (χ4n) is 1.65. The summed E-state index contributed by atoms with van der Waals surface area (Å²) in [6.07, 6.45) is 4.56. The molecule has 1 aromatic rings. The molecule has 1 aliphatic carbocycles. The minimum Gasteiger partial charge on any atom is -0.464 e. The minimum absolute atomic E-state index is 0.119. The van der Waals surface area contributed by atoms with Gasteiger partial charge in [0.25, 0.3) is 0 Å². The molecule has 1 saturated carbocycles. The van der Waals surface area contributed by atoms with Crippen molar-refractivity contribution in [2.24, 2.45) is 12.8 Å². The number of methoxy groups -OCH3 is 1. The normalized spacial score (nSPS) is 17.5. The highest BCUT2D eigenvalue weighted by molar-refractivity contribution is 5.88. The Kier molecular flexibility index (Phi) is 2.26. The highest BCUT2D eigenvalue weighted by Crippen LogP contribution is 2.36. The van der Waals surface area contributed by atoms with Gasteiger partial charge in [-0.2, -0.15) is 5.10 Å². The molecule has 0 radical (unpaired) electrons. The van der Waals surface area contributed by atoms with Gasteiger partial charge in [-0.05, 0) is 19.3 Å². The predicted octanol–water partition coefficient (Wildman–Crippen LogP) is 0.240. The SMILES string of the molecule is COC(=O)c1nn(C)cc1CC1(N)CC1. The second-order valence-electron chi connectivity index (χ2n) is 4.21. The first-order valence-electron chi connectivity index (χ1n) is 4.94. The molecule has 1 heterocycles. The first kappa shape index (κ1) is 10.2. The number of nitrogens with two attached hydrogens (primary N) is 1. The third kappa shape index (κ3) is 2.02. The zero-order valence-electron chi connectivity index (χ0n) is 8.99. The third-order valence-electron chi connectivity index (χ3n) is 2.72. The van der Waals surface area contributed by atoms with Gasteiger partial charge >= 0.3 is 5.97 Å². The minimum atomic E-state index is -0.394. The summed E-state index contributed by atoms with van der Waals surface area (Å²) in [6, 6.07) is 0. The van der Waals surface area contributed by atoms with Crippen LogP contribution in [0.2, 0.25) is 0 Å². The van der Waals surface area contributed by atoms with Gasteiger partial charge in [-0.3, -0.25) is 4.68 Å². The molecule has 0 amide bonds. The van der Waals surface area contributed by atoms with Crippen molar-refractivity contribution < 1.29 is 9.53 Å². The first-order valence-corrected chi connectivity index (χ1v) is 4.94. The molecular formula is C10H15N3O2. The van der Waals surface area contributed by atoms with E-state index in [9.17, 15) is 4.79 Å². The summed E-state index contributed by atoms with van der Waals surface area (Å²) in [7, 11) is 3.14. The van der Waals surface area contributed by atoms with Crippen LogP contribution in [0, 0.1) is 0 Å². The maximum Gasteiger partial charge on any atom is 0.358 e. The first-order chi connectivity index (χ1) is 7.04. The van der Waals surface area contributed by atoms with Crippen molar-refractivity contribution in [1.29, 1.82) is 0 Å². The van der Waals surface area contributed by atoms with Gasteiger partial charge in [0.15, 0.2) is 5.69 Å². The summed E-state index contributed by atoms with van der Waals surface area (Å²) in [5, 5.41) is 4.08. The zero-order chi connectivity index (χ0) is 11.1. The van der Waals surface area contributed by atoms with Crippen molar-refractivity contribution in [2.75, 3.05) is 7.11 Å². The van der Waals surface area contributed by atoms with E-state index in [-0.39, 0.29) is 5.54 Å². The predicted molar refractivity (Wildman–Crippen MR) is 54.4 cm³/mol. The van der Waals surface area contributed by atoms with Crippen LogP contribution >= 0.6 is 0 Å². The number of hydrogen-bond donors (Lipinski definition) is 1. The van der Waals surface area contributed by atoms with Gasteiger partial charge in [0.05, 0.1) is 7.11 Å². The Morgan fingerprint density at radius 1 is 1.73 bits per heavy atom. The summed E-state index contributed by atoms with van der Waals surface area (Å²) < 4.78 is 6.29. The molecule has 1 fully saturated rings. The van der Waals surface area contributed by atoms with Crippen LogP contribution in [0.5, 0.6) is 0 Å². The standard InChI is InChI=1S/C10H15N3O2/c1-13-6-7(5-10(11)3-4-10)8(12-13)9(14)15-2/h6H,3-5,11H2,1-2H3. The highest BCUT2D eigenvalue weighted by atomic mass is 16.5. The van der Waals surface area contributed by atoms with Crippen LogP contribution in [0.3, 0.4) is 0 Å². The Morgan fingerprint density at radius 2 is 2.40 bits per heavy atom. The molecule has 82 valence electrons. The van der Waals surface area contributed by atoms with E-state index in [0.29, 0.717) is 12.1 Å². The second kappa shape index (κ2) is 3.34. The average molecular weight is 209 g/mol. The number of nitrogens with zero attached hydrogens (tertiary/aromatic N) is 2. The average Bonchev–Trinajstić information content (AvgIpc) is 2.79. The number of rotatable bonds is 3. The van der Waals surface area contributed by atoms with Crippen LogP contribution in [0.4, 0.5) is 0 Å². The van der Waals surface area contributed by atoms with E-state index in [1.165, 1.54) is 7.11 Å². The molecule has 5 heteroatoms. The summed E-state index contributed by atoms with van der Waals surface area (Å²) in [6.45, 7) is 0. The topological polar surface area (TPSA) is 70.1 Å². The van der Waals surface area contributed by atoms with Gasteiger partial charge in [-0.15, -0.1) is 0 Å². The Labute approximate surface area is 88.2 Å². The van der Waals surface area contributed by atoms with Crippen molar-refractivity contribution in [3.8, 4) is 0 Å². The molecule has 2 rings (SSSR count). The van der Waals surface area contributed by atoms with E-state index in [2.05, 4.69) is 9.84 Å². The summed E-state index contributed by atoms with van der Waals surface area (Å²) in [4.78, 5) is 11.4. The Hall–Kier alpha value is -1.36. The quantitative estimate of drug-likeness (QED) is 0.724. The number of carbonyl (C=O) groups is 1. The number of esters is 1. The molecule has 0 unspecified atom stereocenters. The highest BCUT2D eigenvalue weighted by Gasteiger charge is 2.39. The molecule has 0 spiro atoms. The van der Waals surface area contributed by atoms with Crippen LogP contribution < -0.4 is 5.73 Å². The van der Waals surface area contributed by atoms with Gasteiger partial charge in [0.1, 0.15) is 0 Å². The van der Waals surface area contributed by atoms with Crippen molar-refractivity contribution >= 4 is 5.97 Å². The fourth-order valence-corrected chi connectivity index (χ4v) is 1.65. The van der Waals surface area contributed by atoms with Gasteiger partial charge < -0.3 is 10.5 Å². The van der Waals surface area contributed by atoms with Crippen LogP contribution in [-0.4, -0.2) is 28.4 Å². The van der Waals surface area contributed by atoms with Gasteiger partial charge in [0, 0.05) is 24.3 Å². The van der Waals surface area contributed by atoms with E-state index in [1.54, 1.807) is 11.7 Å². The Balaban J connectivity index is 2.25. The Bertz CT molecular complexity index is 393. The summed E-state index contributed by atoms with van der Waals surface area (Å²) in [5.41, 5.74) is 7.15. The number of aryl methyl sites for hydroxylation is 1. The molecule has 0 atom stereocenters. The molecular weight excluding hydrogens is 194 g/mol. The fraction of sp³-hybridized carbons (Fsp3) is 0.600. The lowest BCUT2D eigenvalue weighted by atomic mass is 10.1. The molecule has 0 aromatic carbocycles. The van der Waals surface area contributed by atoms with E-state index in [4.69, 9.17) is 5.73 Å². The van der Waals surface area contributed by atoms with E-state index >= 15 is 0 Å². The van der Waals surface area contributed by atoms with Crippen LogP contribution in [-0.2, 0) is 18.2 Å². The molecule has 15 heavy (non-hydrogen) atoms. The van der Waals surface area contributed by atoms with Gasteiger partial charge in [-0.1, -0.05) is 0 Å². The van der Waals surface area contributed by atoms with Gasteiger partial charge in [-0.25, -0.2) is 4.79 Å². The van der Waals surface area contributed by atoms with Crippen molar-refractivity contribution in [3.63, 3.8) is 0 Å². The molecule has 0 saturated heterocycles. The lowest BCUT2D eigenvalue weighted by Gasteiger charge is -2.06. The lowest BCUT2D eigenvalue weighted by Crippen LogP contribution is -2.25. The Morgan fingerprint density at radius 3 is 2.93 bits per heavy atom. The smallest absolute Gasteiger partial charge is 0.358 e. The lowest BCUT2D eigenvalue weighted by molar-refractivity contribution is 0.0592. The van der Waals surface area contributed by atoms with Crippen molar-refractivity contribution in [1.82, 2.24) is 9.78 Å². The van der Waals surface area contributed by atoms with E-state index in [0.717, 1.165) is 18.4 Å². The molecule has 0 aliphatic heterocycles. The molecule has 5 nitrogen and oxygen atoms in total. The van der Waals surface area contributed by atoms with Crippen molar-refractivity contribution in [3.05, 3.63) is 17.5 Å². The molecule has 2 N–H and O–H groups in total. The number of carbonyl (C=O) groups excluding carboxylic acids is 1. The van der Waals surface area contributed by atoms with Crippen LogP contribution in [0.25, 0.3) is 0 Å². The third-order valence-corrected chi connectivity index (χ3v) is 2.72. The largest absolute Gasteiger partial charge is 0.464 e. The monoisotopic (exact) mass is 209 g/mol. The molecule has 1 aliphatic rings. The van der Waals surface area contributed by atoms with Gasteiger partial charge in [0.2, 0.25) is 0 Å². The second-order valence-corrected chi connectivity index (χ2v) is 4.21. The molecule has 0 bridgehead atoms. The summed E-state index contributed by atoms with van der Waals surface area (Å²) >= 11 is 0. The van der Waals surface area contributed by atoms with E-state index < -0.39 is 5.97 Å². The van der Waals surface area contributed by atoms with E-state index in [1.807, 2.05) is 6.20 Å². The number of hydrogen-bond acceptors (Lipinski definition) is 4. The maximum atomic E-state index is 11.4.